The minimum Gasteiger partial charge on any atom is -0.406 e. The van der Waals surface area contributed by atoms with Crippen molar-refractivity contribution in [3.63, 3.8) is 0 Å². The average molecular weight is 459 g/mol. The molecular weight excluding hydrogens is 437 g/mol. The zero-order valence-corrected chi connectivity index (χ0v) is 17.9. The van der Waals surface area contributed by atoms with E-state index in [2.05, 4.69) is 10.1 Å². The third-order valence-electron chi connectivity index (χ3n) is 4.67. The molecular formula is C20H21F3N2O3S2. The minimum absolute atomic E-state index is 0.208. The Kier molecular flexibility index (Phi) is 7.02. The topological polar surface area (TPSA) is 61.8 Å². The molecule has 3 rings (SSSR count). The molecule has 0 aliphatic heterocycles. The van der Waals surface area contributed by atoms with Crippen LogP contribution in [0.4, 0.5) is 18.2 Å². The molecule has 0 radical (unpaired) electrons. The van der Waals surface area contributed by atoms with Crippen molar-refractivity contribution in [2.24, 2.45) is 0 Å². The van der Waals surface area contributed by atoms with Gasteiger partial charge in [-0.25, -0.2) is 4.21 Å². The maximum absolute atomic E-state index is 12.3. The molecule has 0 spiro atoms. The highest BCUT2D eigenvalue weighted by atomic mass is 32.2. The molecule has 0 aliphatic carbocycles. The molecule has 3 aromatic rings. The Bertz CT molecular complexity index is 1020. The quantitative estimate of drug-likeness (QED) is 0.472. The predicted molar refractivity (Wildman–Crippen MR) is 114 cm³/mol. The van der Waals surface area contributed by atoms with Crippen LogP contribution in [0.1, 0.15) is 11.1 Å². The normalized spacial score (nSPS) is 13.9. The first-order valence-corrected chi connectivity index (χ1v) is 10.9. The van der Waals surface area contributed by atoms with Gasteiger partial charge < -0.3 is 10.1 Å². The second-order valence-corrected chi connectivity index (χ2v) is 8.63. The van der Waals surface area contributed by atoms with Crippen molar-refractivity contribution in [3.8, 4) is 5.75 Å². The molecule has 10 heteroatoms. The summed E-state index contributed by atoms with van der Waals surface area (Å²) < 4.78 is 65.3. The highest BCUT2D eigenvalue weighted by Crippen LogP contribution is 2.38. The predicted octanol–water partition coefficient (Wildman–Crippen LogP) is 4.88. The number of fused-ring (bicyclic) bond motifs is 1. The molecule has 5 nitrogen and oxygen atoms in total. The lowest BCUT2D eigenvalue weighted by Gasteiger charge is -2.25. The number of rotatable bonds is 8. The van der Waals surface area contributed by atoms with Gasteiger partial charge in [0.1, 0.15) is 10.8 Å². The number of thiophene rings is 1. The SMILES string of the molecule is CNC(Cc1ccc(OC(F)(F)F)cc1)CN(c1sc2ccccc2c1C)S(=O)O. The first-order chi connectivity index (χ1) is 14.2. The zero-order chi connectivity index (χ0) is 21.9. The van der Waals surface area contributed by atoms with E-state index in [-0.39, 0.29) is 18.3 Å². The summed E-state index contributed by atoms with van der Waals surface area (Å²) in [6, 6.07) is 13.2. The van der Waals surface area contributed by atoms with E-state index in [1.807, 2.05) is 31.2 Å². The first kappa shape index (κ1) is 22.5. The minimum atomic E-state index is -4.73. The van der Waals surface area contributed by atoms with Crippen molar-refractivity contribution in [2.45, 2.75) is 25.7 Å². The van der Waals surface area contributed by atoms with E-state index in [0.717, 1.165) is 21.2 Å². The molecule has 0 amide bonds. The summed E-state index contributed by atoms with van der Waals surface area (Å²) in [6.07, 6.45) is -4.27. The van der Waals surface area contributed by atoms with E-state index >= 15 is 0 Å². The van der Waals surface area contributed by atoms with Crippen LogP contribution in [0.2, 0.25) is 0 Å². The van der Waals surface area contributed by atoms with Crippen LogP contribution in [0.5, 0.6) is 5.75 Å². The molecule has 1 heterocycles. The Hall–Kier alpha value is -2.14. The molecule has 30 heavy (non-hydrogen) atoms. The Balaban J connectivity index is 1.76. The van der Waals surface area contributed by atoms with Gasteiger partial charge in [-0.2, -0.15) is 0 Å². The number of nitrogens with zero attached hydrogens (tertiary/aromatic N) is 1. The molecule has 2 atom stereocenters. The van der Waals surface area contributed by atoms with Gasteiger partial charge in [0.2, 0.25) is 0 Å². The van der Waals surface area contributed by atoms with Crippen molar-refractivity contribution in [1.29, 1.82) is 0 Å². The lowest BCUT2D eigenvalue weighted by atomic mass is 10.1. The number of halogens is 3. The fraction of sp³-hybridized carbons (Fsp3) is 0.300. The number of ether oxygens (including phenoxy) is 1. The van der Waals surface area contributed by atoms with Gasteiger partial charge in [0.25, 0.3) is 11.3 Å². The number of alkyl halides is 3. The second kappa shape index (κ2) is 9.34. The van der Waals surface area contributed by atoms with Gasteiger partial charge in [0.05, 0.1) is 6.54 Å². The molecule has 162 valence electrons. The summed E-state index contributed by atoms with van der Waals surface area (Å²) in [7, 11) is 1.74. The molecule has 2 N–H and O–H groups in total. The smallest absolute Gasteiger partial charge is 0.406 e. The molecule has 0 saturated carbocycles. The van der Waals surface area contributed by atoms with Gasteiger partial charge in [0.15, 0.2) is 0 Å². The number of aryl methyl sites for hydroxylation is 1. The van der Waals surface area contributed by atoms with Gasteiger partial charge in [-0.15, -0.1) is 24.5 Å². The Morgan fingerprint density at radius 1 is 1.20 bits per heavy atom. The number of likely N-dealkylation sites (N-methyl/N-ethyl adjacent to an activating group) is 1. The third kappa shape index (κ3) is 5.51. The van der Waals surface area contributed by atoms with E-state index in [9.17, 15) is 21.9 Å². The fourth-order valence-corrected chi connectivity index (χ4v) is 5.20. The molecule has 0 bridgehead atoms. The maximum atomic E-state index is 12.3. The van der Waals surface area contributed by atoms with Crippen LogP contribution in [-0.2, 0) is 17.7 Å². The summed E-state index contributed by atoms with van der Waals surface area (Å²) >= 11 is -0.779. The van der Waals surface area contributed by atoms with Crippen LogP contribution in [-0.4, -0.2) is 34.8 Å². The molecule has 2 unspecified atom stereocenters. The Morgan fingerprint density at radius 2 is 1.87 bits per heavy atom. The van der Waals surface area contributed by atoms with Crippen molar-refractivity contribution < 1.29 is 26.7 Å². The number of benzene rings is 2. The fourth-order valence-electron chi connectivity index (χ4n) is 3.19. The van der Waals surface area contributed by atoms with Gasteiger partial charge >= 0.3 is 6.36 Å². The first-order valence-electron chi connectivity index (χ1n) is 9.06. The van der Waals surface area contributed by atoms with Crippen molar-refractivity contribution in [3.05, 3.63) is 59.7 Å². The lowest BCUT2D eigenvalue weighted by molar-refractivity contribution is -0.274. The van der Waals surface area contributed by atoms with Crippen molar-refractivity contribution in [2.75, 3.05) is 17.9 Å². The highest BCUT2D eigenvalue weighted by Gasteiger charge is 2.31. The second-order valence-electron chi connectivity index (χ2n) is 6.70. The summed E-state index contributed by atoms with van der Waals surface area (Å²) in [4.78, 5) is 0. The largest absolute Gasteiger partial charge is 0.573 e. The van der Waals surface area contributed by atoms with Gasteiger partial charge in [-0.3, -0.25) is 8.86 Å². The van der Waals surface area contributed by atoms with Gasteiger partial charge in [-0.05, 0) is 55.1 Å². The molecule has 0 fully saturated rings. The van der Waals surface area contributed by atoms with Crippen LogP contribution < -0.4 is 14.4 Å². The zero-order valence-electron chi connectivity index (χ0n) is 16.3. The molecule has 1 aromatic heterocycles. The van der Waals surface area contributed by atoms with E-state index in [1.165, 1.54) is 27.8 Å². The van der Waals surface area contributed by atoms with Crippen molar-refractivity contribution >= 4 is 37.7 Å². The third-order valence-corrected chi connectivity index (χ3v) is 6.79. The number of nitrogens with one attached hydrogen (secondary N) is 1. The van der Waals surface area contributed by atoms with Crippen molar-refractivity contribution in [1.82, 2.24) is 5.32 Å². The molecule has 2 aromatic carbocycles. The number of hydrogen-bond acceptors (Lipinski definition) is 4. The number of anilines is 1. The average Bonchev–Trinajstić information content (AvgIpc) is 3.01. The Morgan fingerprint density at radius 3 is 2.43 bits per heavy atom. The van der Waals surface area contributed by atoms with E-state index < -0.39 is 17.6 Å². The molecule has 0 aliphatic rings. The monoisotopic (exact) mass is 458 g/mol. The summed E-state index contributed by atoms with van der Waals surface area (Å²) in [5.74, 6) is -0.286. The summed E-state index contributed by atoms with van der Waals surface area (Å²) in [5.41, 5.74) is 1.71. The van der Waals surface area contributed by atoms with Crippen LogP contribution in [0, 0.1) is 6.92 Å². The molecule has 0 saturated heterocycles. The van der Waals surface area contributed by atoms with Crippen LogP contribution in [0.15, 0.2) is 48.5 Å². The van der Waals surface area contributed by atoms with Crippen LogP contribution in [0.3, 0.4) is 0 Å². The highest BCUT2D eigenvalue weighted by molar-refractivity contribution is 7.81. The standard InChI is InChI=1S/C20H21F3N2O3S2/c1-13-17-5-3-4-6-18(17)29-19(13)25(30(26)27)12-15(24-2)11-14-7-9-16(10-8-14)28-20(21,22)23/h3-10,15,24H,11-12H2,1-2H3,(H,26,27). The van der Waals surface area contributed by atoms with Crippen LogP contribution in [0.25, 0.3) is 10.1 Å². The van der Waals surface area contributed by atoms with Gasteiger partial charge in [-0.1, -0.05) is 30.3 Å². The maximum Gasteiger partial charge on any atom is 0.573 e. The van der Waals surface area contributed by atoms with E-state index in [4.69, 9.17) is 0 Å². The summed E-state index contributed by atoms with van der Waals surface area (Å²) in [5, 5.41) is 4.87. The summed E-state index contributed by atoms with van der Waals surface area (Å²) in [6.45, 7) is 2.16. The Labute approximate surface area is 178 Å². The van der Waals surface area contributed by atoms with Crippen LogP contribution >= 0.6 is 11.3 Å². The van der Waals surface area contributed by atoms with E-state index in [1.54, 1.807) is 19.2 Å². The number of hydrogen-bond donors (Lipinski definition) is 2. The van der Waals surface area contributed by atoms with E-state index in [0.29, 0.717) is 11.4 Å². The van der Waals surface area contributed by atoms with Gasteiger partial charge in [0, 0.05) is 10.7 Å². The lowest BCUT2D eigenvalue weighted by Crippen LogP contribution is -2.41.